The molecule has 5 rings (SSSR count). The number of rotatable bonds is 3. The van der Waals surface area contributed by atoms with Crippen LogP contribution in [0.1, 0.15) is 11.1 Å². The molecule has 0 aliphatic carbocycles. The monoisotopic (exact) mass is 353 g/mol. The van der Waals surface area contributed by atoms with Crippen molar-refractivity contribution in [2.24, 2.45) is 0 Å². The van der Waals surface area contributed by atoms with Crippen molar-refractivity contribution in [3.63, 3.8) is 0 Å². The van der Waals surface area contributed by atoms with Gasteiger partial charge in [0.1, 0.15) is 17.0 Å². The normalized spacial score (nSPS) is 11.3. The zero-order valence-corrected chi connectivity index (χ0v) is 14.5. The maximum absolute atomic E-state index is 13.6. The Balaban J connectivity index is 1.63. The molecule has 2 heterocycles. The first-order chi connectivity index (χ1) is 13.3. The highest BCUT2D eigenvalue weighted by molar-refractivity contribution is 6.09. The van der Waals surface area contributed by atoms with E-state index < -0.39 is 0 Å². The number of benzene rings is 3. The summed E-state index contributed by atoms with van der Waals surface area (Å²) >= 11 is 0. The van der Waals surface area contributed by atoms with Gasteiger partial charge in [0.15, 0.2) is 0 Å². The molecule has 0 unspecified atom stereocenters. The molecule has 0 aliphatic rings. The van der Waals surface area contributed by atoms with Gasteiger partial charge in [0.2, 0.25) is 0 Å². The maximum Gasteiger partial charge on any atom is 0.144 e. The van der Waals surface area contributed by atoms with Crippen molar-refractivity contribution in [1.82, 2.24) is 4.98 Å². The molecule has 0 fully saturated rings. The average Bonchev–Trinajstić information content (AvgIpc) is 3.06. The van der Waals surface area contributed by atoms with Crippen LogP contribution >= 0.6 is 0 Å². The van der Waals surface area contributed by atoms with Crippen LogP contribution in [0.15, 0.2) is 89.5 Å². The van der Waals surface area contributed by atoms with E-state index in [2.05, 4.69) is 23.2 Å². The van der Waals surface area contributed by atoms with Gasteiger partial charge in [-0.15, -0.1) is 0 Å². The summed E-state index contributed by atoms with van der Waals surface area (Å²) in [4.78, 5) is 4.56. The minimum absolute atomic E-state index is 0.300. The van der Waals surface area contributed by atoms with Crippen molar-refractivity contribution in [2.45, 2.75) is 6.42 Å². The van der Waals surface area contributed by atoms with Crippen LogP contribution in [0.2, 0.25) is 0 Å². The molecule has 0 aliphatic heterocycles. The average molecular weight is 353 g/mol. The summed E-state index contributed by atoms with van der Waals surface area (Å²) in [6.45, 7) is 0. The Morgan fingerprint density at radius 1 is 0.778 bits per heavy atom. The first kappa shape index (κ1) is 15.8. The Labute approximate surface area is 155 Å². The third-order valence-electron chi connectivity index (χ3n) is 4.81. The van der Waals surface area contributed by atoms with E-state index in [-0.39, 0.29) is 5.82 Å². The molecule has 27 heavy (non-hydrogen) atoms. The van der Waals surface area contributed by atoms with Crippen LogP contribution in [0.25, 0.3) is 33.2 Å². The van der Waals surface area contributed by atoms with E-state index >= 15 is 0 Å². The summed E-state index contributed by atoms with van der Waals surface area (Å²) in [5, 5.41) is 1.88. The first-order valence-corrected chi connectivity index (χ1v) is 8.88. The molecule has 130 valence electrons. The van der Waals surface area contributed by atoms with Gasteiger partial charge in [-0.05, 0) is 47.9 Å². The number of pyridine rings is 1. The smallest absolute Gasteiger partial charge is 0.144 e. The Morgan fingerprint density at radius 2 is 1.67 bits per heavy atom. The molecule has 0 radical (unpaired) electrons. The van der Waals surface area contributed by atoms with E-state index in [9.17, 15) is 4.39 Å². The van der Waals surface area contributed by atoms with Gasteiger partial charge in [-0.2, -0.15) is 0 Å². The number of nitrogens with zero attached hydrogens (tertiary/aromatic N) is 1. The fourth-order valence-electron chi connectivity index (χ4n) is 3.54. The van der Waals surface area contributed by atoms with Gasteiger partial charge < -0.3 is 4.42 Å². The maximum atomic E-state index is 13.6. The van der Waals surface area contributed by atoms with Crippen LogP contribution < -0.4 is 0 Å². The number of para-hydroxylation sites is 1. The lowest BCUT2D eigenvalue weighted by atomic mass is 10.0. The summed E-state index contributed by atoms with van der Waals surface area (Å²) in [7, 11) is 0. The second-order valence-corrected chi connectivity index (χ2v) is 6.64. The van der Waals surface area contributed by atoms with E-state index in [0.29, 0.717) is 5.58 Å². The molecule has 0 spiro atoms. The van der Waals surface area contributed by atoms with Gasteiger partial charge in [-0.25, -0.2) is 4.39 Å². The molecule has 3 aromatic carbocycles. The summed E-state index contributed by atoms with van der Waals surface area (Å²) in [5.41, 5.74) is 5.50. The van der Waals surface area contributed by atoms with Gasteiger partial charge in [0.25, 0.3) is 0 Å². The van der Waals surface area contributed by atoms with Crippen molar-refractivity contribution < 1.29 is 8.81 Å². The number of hydrogen-bond acceptors (Lipinski definition) is 2. The zero-order valence-electron chi connectivity index (χ0n) is 14.5. The Bertz CT molecular complexity index is 1260. The van der Waals surface area contributed by atoms with E-state index in [1.165, 1.54) is 23.3 Å². The van der Waals surface area contributed by atoms with E-state index in [1.54, 1.807) is 6.07 Å². The molecular weight excluding hydrogens is 337 g/mol. The van der Waals surface area contributed by atoms with Crippen LogP contribution in [-0.4, -0.2) is 4.98 Å². The largest absolute Gasteiger partial charge is 0.455 e. The van der Waals surface area contributed by atoms with Gasteiger partial charge in [-0.3, -0.25) is 4.98 Å². The minimum atomic E-state index is -0.300. The first-order valence-electron chi connectivity index (χ1n) is 8.88. The van der Waals surface area contributed by atoms with Crippen molar-refractivity contribution >= 4 is 21.9 Å². The van der Waals surface area contributed by atoms with Crippen molar-refractivity contribution in [3.05, 3.63) is 102 Å². The third-order valence-corrected chi connectivity index (χ3v) is 4.81. The summed E-state index contributed by atoms with van der Waals surface area (Å²) in [5.74, 6) is -0.300. The molecule has 0 saturated heterocycles. The lowest BCUT2D eigenvalue weighted by molar-refractivity contribution is 0.618. The van der Waals surface area contributed by atoms with Gasteiger partial charge >= 0.3 is 0 Å². The molecule has 3 heteroatoms. The number of halogens is 1. The number of furan rings is 1. The third kappa shape index (κ3) is 2.87. The van der Waals surface area contributed by atoms with Crippen LogP contribution in [0.4, 0.5) is 4.39 Å². The van der Waals surface area contributed by atoms with Crippen molar-refractivity contribution in [1.29, 1.82) is 0 Å². The van der Waals surface area contributed by atoms with Crippen LogP contribution in [0.3, 0.4) is 0 Å². The molecule has 0 amide bonds. The SMILES string of the molecule is Fc1ccc2c(c1)oc1c(-c3cc(Cc4ccccc4)ccn3)cccc12. The zero-order chi connectivity index (χ0) is 18.2. The predicted molar refractivity (Wildman–Crippen MR) is 106 cm³/mol. The topological polar surface area (TPSA) is 26.0 Å². The van der Waals surface area contributed by atoms with Crippen molar-refractivity contribution in [3.8, 4) is 11.3 Å². The van der Waals surface area contributed by atoms with Gasteiger partial charge in [0, 0.05) is 28.6 Å². The number of fused-ring (bicyclic) bond motifs is 3. The van der Waals surface area contributed by atoms with Crippen LogP contribution in [-0.2, 0) is 6.42 Å². The Morgan fingerprint density at radius 3 is 2.56 bits per heavy atom. The van der Waals surface area contributed by atoms with Crippen LogP contribution in [0.5, 0.6) is 0 Å². The predicted octanol–water partition coefficient (Wildman–Crippen LogP) is 6.38. The highest BCUT2D eigenvalue weighted by Gasteiger charge is 2.13. The minimum Gasteiger partial charge on any atom is -0.455 e. The molecule has 0 N–H and O–H groups in total. The molecule has 2 aromatic heterocycles. The molecule has 0 saturated carbocycles. The quantitative estimate of drug-likeness (QED) is 0.376. The highest BCUT2D eigenvalue weighted by Crippen LogP contribution is 2.35. The lowest BCUT2D eigenvalue weighted by Gasteiger charge is -2.06. The second kappa shape index (κ2) is 6.36. The number of hydrogen-bond donors (Lipinski definition) is 0. The summed E-state index contributed by atoms with van der Waals surface area (Å²) in [6.07, 6.45) is 2.67. The highest BCUT2D eigenvalue weighted by atomic mass is 19.1. The fourth-order valence-corrected chi connectivity index (χ4v) is 3.54. The molecule has 0 bridgehead atoms. The second-order valence-electron chi connectivity index (χ2n) is 6.64. The lowest BCUT2D eigenvalue weighted by Crippen LogP contribution is -1.91. The Kier molecular flexibility index (Phi) is 3.72. The Hall–Kier alpha value is -3.46. The van der Waals surface area contributed by atoms with E-state index in [1.807, 2.05) is 48.7 Å². The molecule has 5 aromatic rings. The number of aromatic nitrogens is 1. The fraction of sp³-hybridized carbons (Fsp3) is 0.0417. The van der Waals surface area contributed by atoms with Gasteiger partial charge in [-0.1, -0.05) is 42.5 Å². The van der Waals surface area contributed by atoms with E-state index in [4.69, 9.17) is 4.42 Å². The van der Waals surface area contributed by atoms with E-state index in [0.717, 1.165) is 34.0 Å². The summed E-state index contributed by atoms with van der Waals surface area (Å²) in [6, 6.07) is 25.1. The van der Waals surface area contributed by atoms with Crippen molar-refractivity contribution in [2.75, 3.05) is 0 Å². The summed E-state index contributed by atoms with van der Waals surface area (Å²) < 4.78 is 19.6. The standard InChI is InChI=1S/C24H16FNO/c25-18-9-10-19-20-7-4-8-21(24(20)27-23(19)15-18)22-14-17(11-12-26-22)13-16-5-2-1-3-6-16/h1-12,14-15H,13H2. The molecular formula is C24H16FNO. The molecule has 0 atom stereocenters. The van der Waals surface area contributed by atoms with Gasteiger partial charge in [0.05, 0.1) is 5.69 Å². The molecule has 2 nitrogen and oxygen atoms in total. The van der Waals surface area contributed by atoms with Crippen LogP contribution in [0, 0.1) is 5.82 Å².